The van der Waals surface area contributed by atoms with E-state index in [9.17, 15) is 41.6 Å². The van der Waals surface area contributed by atoms with Crippen molar-refractivity contribution < 1.29 is 51.0 Å². The maximum atomic E-state index is 14.5. The van der Waals surface area contributed by atoms with E-state index in [1.165, 1.54) is 23.0 Å². The molecule has 1 aromatic carbocycles. The van der Waals surface area contributed by atoms with Gasteiger partial charge in [0.1, 0.15) is 29.5 Å². The fourth-order valence-corrected chi connectivity index (χ4v) is 9.05. The van der Waals surface area contributed by atoms with Crippen molar-refractivity contribution >= 4 is 45.7 Å². The predicted octanol–water partition coefficient (Wildman–Crippen LogP) is 2.86. The molecule has 5 amide bonds. The summed E-state index contributed by atoms with van der Waals surface area (Å²) in [7, 11) is -2.69. The molecule has 1 aromatic rings. The number of sulfonamides is 1. The van der Waals surface area contributed by atoms with Gasteiger partial charge >= 0.3 is 12.1 Å². The van der Waals surface area contributed by atoms with E-state index >= 15 is 0 Å². The van der Waals surface area contributed by atoms with Crippen molar-refractivity contribution in [3.8, 4) is 0 Å². The highest BCUT2D eigenvalue weighted by molar-refractivity contribution is 7.91. The van der Waals surface area contributed by atoms with Gasteiger partial charge in [0.25, 0.3) is 5.91 Å². The molecule has 1 saturated heterocycles. The van der Waals surface area contributed by atoms with Gasteiger partial charge in [-0.2, -0.15) is 0 Å². The number of hydrogen-bond acceptors (Lipinski definition) is 10. The average Bonchev–Trinajstić information content (AvgIpc) is 4.03. The number of methoxy groups -OCH3 is 1. The standard InChI is InChI=1S/C38H50FN5O10S/c1-53-33(46)16-10-15-32(45)40-30-14-8-6-4-2-3-5-7-12-25-20-38(25,36(49)42-55(51,52)27-17-18-27)41-34(47)31-19-26(22-44(31)35(30)48)54-37(50)43-21-24-11-9-13-29(39)28(24)23-43/h7,9,11-13,25-27,30-31H,2-6,8,10,14-23H2,1H3,(H,40,45)(H,41,47)(H,42,49)/b12-7-/t25-,26-,30+,31+,38-/m1/s1. The number of hydrogen-bond donors (Lipinski definition) is 3. The number of carbonyl (C=O) groups is 6. The molecule has 0 radical (unpaired) electrons. The van der Waals surface area contributed by atoms with Crippen LogP contribution in [-0.2, 0) is 56.6 Å². The van der Waals surface area contributed by atoms with Crippen molar-refractivity contribution in [2.24, 2.45) is 5.92 Å². The summed E-state index contributed by atoms with van der Waals surface area (Å²) >= 11 is 0. The predicted molar refractivity (Wildman–Crippen MR) is 194 cm³/mol. The fourth-order valence-electron chi connectivity index (χ4n) is 7.69. The van der Waals surface area contributed by atoms with Gasteiger partial charge in [0, 0.05) is 37.3 Å². The first kappa shape index (κ1) is 40.1. The van der Waals surface area contributed by atoms with Gasteiger partial charge in [-0.05, 0) is 56.6 Å². The molecule has 0 aromatic heterocycles. The van der Waals surface area contributed by atoms with Crippen LogP contribution in [-0.4, -0.2) is 96.5 Å². The molecule has 0 spiro atoms. The zero-order valence-corrected chi connectivity index (χ0v) is 31.9. The minimum absolute atomic E-state index is 0.0134. The highest BCUT2D eigenvalue weighted by Crippen LogP contribution is 2.46. The van der Waals surface area contributed by atoms with Gasteiger partial charge in [-0.15, -0.1) is 0 Å². The molecule has 3 heterocycles. The molecule has 55 heavy (non-hydrogen) atoms. The highest BCUT2D eigenvalue weighted by Gasteiger charge is 2.62. The maximum absolute atomic E-state index is 14.5. The molecule has 17 heteroatoms. The Kier molecular flexibility index (Phi) is 12.5. The molecular formula is C38H50FN5O10S. The number of rotatable bonds is 9. The van der Waals surface area contributed by atoms with Crippen LogP contribution < -0.4 is 15.4 Å². The summed E-state index contributed by atoms with van der Waals surface area (Å²) in [6.45, 7) is -0.1000. The highest BCUT2D eigenvalue weighted by atomic mass is 32.2. The second-order valence-corrected chi connectivity index (χ2v) is 17.2. The number of amides is 5. The molecule has 2 saturated carbocycles. The normalized spacial score (nSPS) is 27.7. The van der Waals surface area contributed by atoms with E-state index in [1.807, 2.05) is 12.2 Å². The largest absolute Gasteiger partial charge is 0.469 e. The zero-order valence-electron chi connectivity index (χ0n) is 31.1. The summed E-state index contributed by atoms with van der Waals surface area (Å²) in [5.41, 5.74) is -0.557. The second-order valence-electron chi connectivity index (χ2n) is 15.3. The summed E-state index contributed by atoms with van der Waals surface area (Å²) < 4.78 is 52.8. The molecule has 3 N–H and O–H groups in total. The summed E-state index contributed by atoms with van der Waals surface area (Å²) in [5, 5.41) is 4.92. The minimum Gasteiger partial charge on any atom is -0.469 e. The van der Waals surface area contributed by atoms with Crippen molar-refractivity contribution in [1.82, 2.24) is 25.2 Å². The second kappa shape index (κ2) is 17.1. The number of ether oxygens (including phenoxy) is 2. The Morgan fingerprint density at radius 3 is 2.53 bits per heavy atom. The maximum Gasteiger partial charge on any atom is 0.410 e. The van der Waals surface area contributed by atoms with Crippen LogP contribution in [0.15, 0.2) is 30.4 Å². The van der Waals surface area contributed by atoms with E-state index < -0.39 is 86.4 Å². The number of nitrogens with zero attached hydrogens (tertiary/aromatic N) is 2. The monoisotopic (exact) mass is 787 g/mol. The lowest BCUT2D eigenvalue weighted by molar-refractivity contribution is -0.143. The number of benzene rings is 1. The van der Waals surface area contributed by atoms with E-state index in [4.69, 9.17) is 4.74 Å². The first-order valence-electron chi connectivity index (χ1n) is 19.2. The van der Waals surface area contributed by atoms with Crippen LogP contribution in [0.25, 0.3) is 0 Å². The van der Waals surface area contributed by atoms with Crippen molar-refractivity contribution in [3.05, 3.63) is 47.3 Å². The number of esters is 1. The topological polar surface area (TPSA) is 198 Å². The third-order valence-electron chi connectivity index (χ3n) is 11.1. The smallest absolute Gasteiger partial charge is 0.410 e. The van der Waals surface area contributed by atoms with Crippen LogP contribution in [0.2, 0.25) is 0 Å². The molecule has 0 bridgehead atoms. The number of allylic oxidation sites excluding steroid dienone is 1. The van der Waals surface area contributed by atoms with E-state index in [0.717, 1.165) is 32.1 Å². The fraction of sp³-hybridized carbons (Fsp3) is 0.632. The lowest BCUT2D eigenvalue weighted by Crippen LogP contribution is -2.58. The molecular weight excluding hydrogens is 738 g/mol. The number of halogens is 1. The number of carbonyl (C=O) groups excluding carboxylic acids is 6. The van der Waals surface area contributed by atoms with Crippen LogP contribution in [0.3, 0.4) is 0 Å². The van der Waals surface area contributed by atoms with Gasteiger partial charge in [0.2, 0.25) is 27.7 Å². The van der Waals surface area contributed by atoms with Crippen LogP contribution in [0.1, 0.15) is 101 Å². The number of nitrogens with one attached hydrogen (secondary N) is 3. The third-order valence-corrected chi connectivity index (χ3v) is 13.0. The van der Waals surface area contributed by atoms with Gasteiger partial charge in [-0.25, -0.2) is 17.6 Å². The summed E-state index contributed by atoms with van der Waals surface area (Å²) in [5.74, 6) is -4.03. The SMILES string of the molecule is COC(=O)CCCC(=O)N[C@H]1CCCCCCC/C=C\[C@@H]2C[C@@]2(C(=O)NS(=O)(=O)C2CC2)NC(=O)[C@@H]2C[C@@H](OC(=O)N3Cc4cccc(F)c4C3)CN2C1=O. The first-order chi connectivity index (χ1) is 26.3. The molecule has 3 aliphatic heterocycles. The zero-order chi connectivity index (χ0) is 39.3. The van der Waals surface area contributed by atoms with Crippen molar-refractivity contribution in [2.45, 2.75) is 132 Å². The minimum atomic E-state index is -3.94. The average molecular weight is 788 g/mol. The molecule has 6 rings (SSSR count). The van der Waals surface area contributed by atoms with E-state index in [-0.39, 0.29) is 58.2 Å². The lowest BCUT2D eigenvalue weighted by atomic mass is 10.0. The van der Waals surface area contributed by atoms with E-state index in [2.05, 4.69) is 20.1 Å². The van der Waals surface area contributed by atoms with Crippen LogP contribution in [0.5, 0.6) is 0 Å². The Morgan fingerprint density at radius 1 is 1.02 bits per heavy atom. The first-order valence-corrected chi connectivity index (χ1v) is 20.8. The van der Waals surface area contributed by atoms with Crippen LogP contribution in [0, 0.1) is 11.7 Å². The van der Waals surface area contributed by atoms with Gasteiger partial charge in [0.05, 0.1) is 25.4 Å². The van der Waals surface area contributed by atoms with Crippen LogP contribution in [0.4, 0.5) is 9.18 Å². The molecule has 5 atom stereocenters. The van der Waals surface area contributed by atoms with Gasteiger partial charge in [0.15, 0.2) is 0 Å². The Hall–Kier alpha value is -4.54. The Bertz CT molecular complexity index is 1820. The van der Waals surface area contributed by atoms with Gasteiger partial charge in [-0.1, -0.05) is 50.0 Å². The Labute approximate surface area is 320 Å². The summed E-state index contributed by atoms with van der Waals surface area (Å²) in [6.07, 6.45) is 8.13. The molecule has 2 aliphatic carbocycles. The van der Waals surface area contributed by atoms with Crippen molar-refractivity contribution in [2.75, 3.05) is 13.7 Å². The lowest BCUT2D eigenvalue weighted by Gasteiger charge is -2.30. The van der Waals surface area contributed by atoms with E-state index in [0.29, 0.717) is 30.4 Å². The van der Waals surface area contributed by atoms with Gasteiger partial charge in [-0.3, -0.25) is 33.6 Å². The summed E-state index contributed by atoms with van der Waals surface area (Å²) in [6, 6.07) is 2.30. The molecule has 15 nitrogen and oxygen atoms in total. The molecule has 5 aliphatic rings. The van der Waals surface area contributed by atoms with Crippen molar-refractivity contribution in [3.63, 3.8) is 0 Å². The molecule has 0 unspecified atom stereocenters. The Morgan fingerprint density at radius 2 is 1.78 bits per heavy atom. The Balaban J connectivity index is 1.24. The quantitative estimate of drug-likeness (QED) is 0.247. The van der Waals surface area contributed by atoms with Crippen LogP contribution >= 0.6 is 0 Å². The third kappa shape index (κ3) is 9.65. The van der Waals surface area contributed by atoms with E-state index in [1.54, 1.807) is 12.1 Å². The van der Waals surface area contributed by atoms with Crippen molar-refractivity contribution in [1.29, 1.82) is 0 Å². The summed E-state index contributed by atoms with van der Waals surface area (Å²) in [4.78, 5) is 83.1. The number of fused-ring (bicyclic) bond motifs is 3. The molecule has 3 fully saturated rings. The van der Waals surface area contributed by atoms with Gasteiger partial charge < -0.3 is 25.0 Å². The molecule has 300 valence electrons.